The summed E-state index contributed by atoms with van der Waals surface area (Å²) in [5, 5.41) is 9.69. The zero-order valence-corrected chi connectivity index (χ0v) is 11.8. The van der Waals surface area contributed by atoms with Gasteiger partial charge in [0.25, 0.3) is 5.92 Å². The highest BCUT2D eigenvalue weighted by molar-refractivity contribution is 5.47. The second-order valence-corrected chi connectivity index (χ2v) is 5.53. The van der Waals surface area contributed by atoms with E-state index in [0.717, 1.165) is 16.7 Å². The van der Waals surface area contributed by atoms with E-state index in [2.05, 4.69) is 0 Å². The molecule has 0 radical (unpaired) electrons. The molecule has 24 heavy (non-hydrogen) atoms. The van der Waals surface area contributed by atoms with E-state index in [0.29, 0.717) is 12.3 Å². The standard InChI is InChI=1S/C15H10F7NO/c16-7-1-2-10(9(17)5-7)23-6-8(15(20,21)22)12-11(23)3-4-14(18,19)13(12)24/h1-2,5-6,13,24H,3-4H2. The van der Waals surface area contributed by atoms with Crippen molar-refractivity contribution in [2.45, 2.75) is 31.0 Å². The quantitative estimate of drug-likeness (QED) is 0.756. The summed E-state index contributed by atoms with van der Waals surface area (Å²) in [6.07, 6.45) is -8.59. The van der Waals surface area contributed by atoms with Gasteiger partial charge in [-0.05, 0) is 18.6 Å². The Labute approximate surface area is 131 Å². The highest BCUT2D eigenvalue weighted by Gasteiger charge is 2.50. The molecule has 1 N–H and O–H groups in total. The van der Waals surface area contributed by atoms with Crippen molar-refractivity contribution in [1.29, 1.82) is 0 Å². The Morgan fingerprint density at radius 1 is 1.17 bits per heavy atom. The van der Waals surface area contributed by atoms with E-state index in [9.17, 15) is 35.8 Å². The molecule has 3 rings (SSSR count). The Balaban J connectivity index is 2.27. The summed E-state index contributed by atoms with van der Waals surface area (Å²) in [6.45, 7) is 0. The largest absolute Gasteiger partial charge is 0.418 e. The number of aliphatic hydroxyl groups is 1. The number of rotatable bonds is 1. The molecule has 130 valence electrons. The molecule has 1 heterocycles. The summed E-state index contributed by atoms with van der Waals surface area (Å²) in [6, 6.07) is 2.22. The van der Waals surface area contributed by atoms with E-state index in [1.807, 2.05) is 0 Å². The van der Waals surface area contributed by atoms with Crippen molar-refractivity contribution in [3.63, 3.8) is 0 Å². The molecule has 1 aromatic heterocycles. The van der Waals surface area contributed by atoms with Gasteiger partial charge >= 0.3 is 6.18 Å². The van der Waals surface area contributed by atoms with Gasteiger partial charge in [0.15, 0.2) is 0 Å². The monoisotopic (exact) mass is 353 g/mol. The van der Waals surface area contributed by atoms with Gasteiger partial charge in [-0.3, -0.25) is 0 Å². The van der Waals surface area contributed by atoms with Gasteiger partial charge < -0.3 is 9.67 Å². The van der Waals surface area contributed by atoms with Crippen LogP contribution in [0.1, 0.15) is 29.3 Å². The van der Waals surface area contributed by atoms with Gasteiger partial charge in [0, 0.05) is 29.9 Å². The van der Waals surface area contributed by atoms with Crippen molar-refractivity contribution >= 4 is 0 Å². The molecule has 0 bridgehead atoms. The number of fused-ring (bicyclic) bond motifs is 1. The fourth-order valence-electron chi connectivity index (χ4n) is 2.87. The molecule has 1 unspecified atom stereocenters. The van der Waals surface area contributed by atoms with E-state index in [1.165, 1.54) is 0 Å². The fourth-order valence-corrected chi connectivity index (χ4v) is 2.87. The van der Waals surface area contributed by atoms with E-state index in [1.54, 1.807) is 0 Å². The first-order valence-corrected chi connectivity index (χ1v) is 6.85. The molecule has 1 atom stereocenters. The zero-order chi connectivity index (χ0) is 17.9. The summed E-state index contributed by atoms with van der Waals surface area (Å²) in [7, 11) is 0. The number of nitrogens with zero attached hydrogens (tertiary/aromatic N) is 1. The third-order valence-electron chi connectivity index (χ3n) is 3.99. The molecule has 0 spiro atoms. The van der Waals surface area contributed by atoms with E-state index in [4.69, 9.17) is 0 Å². The smallest absolute Gasteiger partial charge is 0.382 e. The van der Waals surface area contributed by atoms with Gasteiger partial charge in [-0.2, -0.15) is 13.2 Å². The van der Waals surface area contributed by atoms with Crippen LogP contribution in [0.4, 0.5) is 30.7 Å². The van der Waals surface area contributed by atoms with Crippen LogP contribution in [-0.4, -0.2) is 15.6 Å². The van der Waals surface area contributed by atoms with E-state index in [-0.39, 0.29) is 5.69 Å². The number of benzene rings is 1. The Hall–Kier alpha value is -2.03. The van der Waals surface area contributed by atoms with Crippen molar-refractivity contribution in [3.8, 4) is 5.69 Å². The lowest BCUT2D eigenvalue weighted by atomic mass is 9.89. The Morgan fingerprint density at radius 3 is 2.42 bits per heavy atom. The lowest BCUT2D eigenvalue weighted by molar-refractivity contribution is -0.147. The average molecular weight is 353 g/mol. The summed E-state index contributed by atoms with van der Waals surface area (Å²) >= 11 is 0. The molecular formula is C15H10F7NO. The van der Waals surface area contributed by atoms with Crippen LogP contribution in [0.3, 0.4) is 0 Å². The van der Waals surface area contributed by atoms with Gasteiger partial charge in [0.1, 0.15) is 17.7 Å². The highest BCUT2D eigenvalue weighted by Crippen LogP contribution is 2.48. The lowest BCUT2D eigenvalue weighted by Crippen LogP contribution is -2.33. The van der Waals surface area contributed by atoms with Crippen LogP contribution in [0.2, 0.25) is 0 Å². The van der Waals surface area contributed by atoms with Crippen LogP contribution in [0.15, 0.2) is 24.4 Å². The van der Waals surface area contributed by atoms with Crippen LogP contribution in [0, 0.1) is 11.6 Å². The third-order valence-corrected chi connectivity index (χ3v) is 3.99. The van der Waals surface area contributed by atoms with Crippen LogP contribution in [0.5, 0.6) is 0 Å². The molecule has 2 nitrogen and oxygen atoms in total. The molecule has 0 aliphatic heterocycles. The second-order valence-electron chi connectivity index (χ2n) is 5.53. The van der Waals surface area contributed by atoms with Crippen molar-refractivity contribution in [1.82, 2.24) is 4.57 Å². The van der Waals surface area contributed by atoms with E-state index >= 15 is 0 Å². The Kier molecular flexibility index (Phi) is 3.67. The zero-order valence-electron chi connectivity index (χ0n) is 11.8. The maximum atomic E-state index is 13.9. The van der Waals surface area contributed by atoms with Crippen molar-refractivity contribution in [2.75, 3.05) is 0 Å². The maximum Gasteiger partial charge on any atom is 0.418 e. The number of aliphatic hydroxyl groups excluding tert-OH is 1. The van der Waals surface area contributed by atoms with Crippen molar-refractivity contribution in [2.24, 2.45) is 0 Å². The van der Waals surface area contributed by atoms with Crippen molar-refractivity contribution < 1.29 is 35.8 Å². The maximum absolute atomic E-state index is 13.9. The molecule has 0 amide bonds. The summed E-state index contributed by atoms with van der Waals surface area (Å²) in [5.74, 6) is -5.80. The Morgan fingerprint density at radius 2 is 1.83 bits per heavy atom. The minimum atomic E-state index is -5.01. The molecule has 1 aliphatic rings. The fraction of sp³-hybridized carbons (Fsp3) is 0.333. The first kappa shape index (κ1) is 16.8. The second kappa shape index (κ2) is 5.23. The number of hydrogen-bond donors (Lipinski definition) is 1. The number of hydrogen-bond acceptors (Lipinski definition) is 1. The minimum Gasteiger partial charge on any atom is -0.382 e. The third kappa shape index (κ3) is 2.56. The van der Waals surface area contributed by atoms with Crippen LogP contribution in [0.25, 0.3) is 5.69 Å². The van der Waals surface area contributed by atoms with Crippen LogP contribution < -0.4 is 0 Å². The first-order chi connectivity index (χ1) is 11.0. The average Bonchev–Trinajstić information content (AvgIpc) is 2.83. The lowest BCUT2D eigenvalue weighted by Gasteiger charge is -2.29. The van der Waals surface area contributed by atoms with Gasteiger partial charge in [-0.1, -0.05) is 0 Å². The number of halogens is 7. The minimum absolute atomic E-state index is 0.272. The SMILES string of the molecule is OC1c2c(C(F)(F)F)cn(-c3ccc(F)cc3F)c2CCC1(F)F. The molecule has 1 aliphatic carbocycles. The molecule has 0 saturated carbocycles. The molecule has 1 aromatic carbocycles. The van der Waals surface area contributed by atoms with Gasteiger partial charge in [0.05, 0.1) is 11.3 Å². The molecule has 2 aromatic rings. The normalized spacial score (nSPS) is 20.1. The van der Waals surface area contributed by atoms with Gasteiger partial charge in [0.2, 0.25) is 0 Å². The highest BCUT2D eigenvalue weighted by atomic mass is 19.4. The van der Waals surface area contributed by atoms with E-state index < -0.39 is 59.5 Å². The molecule has 9 heteroatoms. The number of aromatic nitrogens is 1. The summed E-state index contributed by atoms with van der Waals surface area (Å²) < 4.78 is 94.4. The molecule has 0 fully saturated rings. The van der Waals surface area contributed by atoms with Crippen LogP contribution >= 0.6 is 0 Å². The first-order valence-electron chi connectivity index (χ1n) is 6.85. The Bertz CT molecular complexity index is 794. The van der Waals surface area contributed by atoms with Gasteiger partial charge in [-0.15, -0.1) is 0 Å². The topological polar surface area (TPSA) is 25.2 Å². The summed E-state index contributed by atoms with van der Waals surface area (Å²) in [5.41, 5.74) is -3.12. The summed E-state index contributed by atoms with van der Waals surface area (Å²) in [4.78, 5) is 0. The predicted octanol–water partition coefficient (Wildman–Crippen LogP) is 4.39. The molecule has 0 saturated heterocycles. The number of alkyl halides is 5. The predicted molar refractivity (Wildman–Crippen MR) is 68.9 cm³/mol. The van der Waals surface area contributed by atoms with Gasteiger partial charge in [-0.25, -0.2) is 17.6 Å². The molecular weight excluding hydrogens is 343 g/mol. The van der Waals surface area contributed by atoms with Crippen molar-refractivity contribution in [3.05, 3.63) is 52.9 Å². The van der Waals surface area contributed by atoms with Crippen LogP contribution in [-0.2, 0) is 12.6 Å².